The standard InChI is InChI=1S/C18H24F3NO2/c1-5-15-10-13(11-22(15)16(23)24-17(2,3)4)12-6-8-14(9-7-12)18(19,20)21/h6-9,13,15H,5,10-11H2,1-4H3/t13?,15-/m0/s1. The normalized spacial score (nSPS) is 21.9. The molecule has 0 saturated carbocycles. The number of hydrogen-bond acceptors (Lipinski definition) is 2. The zero-order valence-corrected chi connectivity index (χ0v) is 14.5. The Bertz CT molecular complexity index is 575. The molecule has 2 atom stereocenters. The summed E-state index contributed by atoms with van der Waals surface area (Å²) in [6, 6.07) is 5.28. The monoisotopic (exact) mass is 343 g/mol. The molecule has 6 heteroatoms. The van der Waals surface area contributed by atoms with Crippen molar-refractivity contribution in [3.05, 3.63) is 35.4 Å². The molecule has 0 bridgehead atoms. The second-order valence-electron chi connectivity index (χ2n) is 7.25. The zero-order valence-electron chi connectivity index (χ0n) is 14.5. The van der Waals surface area contributed by atoms with Crippen LogP contribution in [0.5, 0.6) is 0 Å². The molecule has 2 rings (SSSR count). The molecule has 1 aliphatic heterocycles. The minimum absolute atomic E-state index is 0.0322. The summed E-state index contributed by atoms with van der Waals surface area (Å²) in [5.74, 6) is 0.0322. The SMILES string of the molecule is CC[C@H]1CC(c2ccc(C(F)(F)F)cc2)CN1C(=O)OC(C)(C)C. The number of nitrogens with zero attached hydrogens (tertiary/aromatic N) is 1. The van der Waals surface area contributed by atoms with Gasteiger partial charge in [0.15, 0.2) is 0 Å². The van der Waals surface area contributed by atoms with Gasteiger partial charge in [-0.2, -0.15) is 13.2 Å². The number of carbonyl (C=O) groups excluding carboxylic acids is 1. The van der Waals surface area contributed by atoms with E-state index in [2.05, 4.69) is 0 Å². The molecule has 1 heterocycles. The topological polar surface area (TPSA) is 29.5 Å². The number of carbonyl (C=O) groups is 1. The van der Waals surface area contributed by atoms with Gasteiger partial charge in [0, 0.05) is 18.5 Å². The van der Waals surface area contributed by atoms with Crippen molar-refractivity contribution < 1.29 is 22.7 Å². The number of amides is 1. The highest BCUT2D eigenvalue weighted by Crippen LogP contribution is 2.36. The number of benzene rings is 1. The number of ether oxygens (including phenoxy) is 1. The van der Waals surface area contributed by atoms with Crippen LogP contribution in [0.1, 0.15) is 57.6 Å². The average Bonchev–Trinajstić information content (AvgIpc) is 2.89. The first-order chi connectivity index (χ1) is 11.0. The molecular formula is C18H24F3NO2. The molecule has 1 aromatic carbocycles. The Balaban J connectivity index is 2.12. The van der Waals surface area contributed by atoms with E-state index < -0.39 is 17.3 Å². The first kappa shape index (κ1) is 18.6. The predicted octanol–water partition coefficient (Wildman–Crippen LogP) is 5.21. The summed E-state index contributed by atoms with van der Waals surface area (Å²) in [5, 5.41) is 0. The number of likely N-dealkylation sites (tertiary alicyclic amines) is 1. The molecule has 1 amide bonds. The molecule has 1 saturated heterocycles. The Kier molecular flexibility index (Phi) is 5.16. The molecule has 0 aromatic heterocycles. The molecule has 1 aromatic rings. The number of halogens is 3. The fourth-order valence-electron chi connectivity index (χ4n) is 3.03. The summed E-state index contributed by atoms with van der Waals surface area (Å²) in [6.45, 7) is 7.91. The molecule has 0 N–H and O–H groups in total. The molecule has 1 unspecified atom stereocenters. The summed E-state index contributed by atoms with van der Waals surface area (Å²) in [7, 11) is 0. The van der Waals surface area contributed by atoms with Crippen LogP contribution < -0.4 is 0 Å². The Hall–Kier alpha value is -1.72. The van der Waals surface area contributed by atoms with Gasteiger partial charge in [-0.05, 0) is 51.3 Å². The van der Waals surface area contributed by atoms with Gasteiger partial charge >= 0.3 is 12.3 Å². The molecule has 3 nitrogen and oxygen atoms in total. The summed E-state index contributed by atoms with van der Waals surface area (Å²) in [5.41, 5.74) is -0.394. The number of rotatable bonds is 2. The lowest BCUT2D eigenvalue weighted by molar-refractivity contribution is -0.137. The highest BCUT2D eigenvalue weighted by molar-refractivity contribution is 5.69. The van der Waals surface area contributed by atoms with Crippen LogP contribution in [0.4, 0.5) is 18.0 Å². The third-order valence-corrected chi connectivity index (χ3v) is 4.22. The Morgan fingerprint density at radius 1 is 1.21 bits per heavy atom. The summed E-state index contributed by atoms with van der Waals surface area (Å²) < 4.78 is 43.4. The largest absolute Gasteiger partial charge is 0.444 e. The van der Waals surface area contributed by atoms with E-state index in [-0.39, 0.29) is 18.1 Å². The molecule has 0 radical (unpaired) electrons. The van der Waals surface area contributed by atoms with E-state index in [9.17, 15) is 18.0 Å². The van der Waals surface area contributed by atoms with Gasteiger partial charge in [0.05, 0.1) is 5.56 Å². The van der Waals surface area contributed by atoms with Gasteiger partial charge in [0.25, 0.3) is 0 Å². The van der Waals surface area contributed by atoms with E-state index in [0.29, 0.717) is 6.54 Å². The molecule has 0 aliphatic carbocycles. The molecule has 134 valence electrons. The average molecular weight is 343 g/mol. The fourth-order valence-corrected chi connectivity index (χ4v) is 3.03. The lowest BCUT2D eigenvalue weighted by Gasteiger charge is -2.28. The quantitative estimate of drug-likeness (QED) is 0.738. The van der Waals surface area contributed by atoms with Crippen LogP contribution in [-0.2, 0) is 10.9 Å². The minimum Gasteiger partial charge on any atom is -0.444 e. The van der Waals surface area contributed by atoms with Crippen molar-refractivity contribution in [3.8, 4) is 0 Å². The van der Waals surface area contributed by atoms with E-state index in [1.54, 1.807) is 4.90 Å². The van der Waals surface area contributed by atoms with Crippen LogP contribution >= 0.6 is 0 Å². The molecule has 24 heavy (non-hydrogen) atoms. The molecule has 1 fully saturated rings. The lowest BCUT2D eigenvalue weighted by Crippen LogP contribution is -2.39. The van der Waals surface area contributed by atoms with Crippen LogP contribution in [0.3, 0.4) is 0 Å². The van der Waals surface area contributed by atoms with Crippen LogP contribution in [-0.4, -0.2) is 29.2 Å². The lowest BCUT2D eigenvalue weighted by atomic mass is 9.95. The van der Waals surface area contributed by atoms with Crippen LogP contribution in [0, 0.1) is 0 Å². The maximum Gasteiger partial charge on any atom is 0.416 e. The van der Waals surface area contributed by atoms with E-state index in [0.717, 1.165) is 30.5 Å². The smallest absolute Gasteiger partial charge is 0.416 e. The molecule has 0 spiro atoms. The van der Waals surface area contributed by atoms with E-state index >= 15 is 0 Å². The highest BCUT2D eigenvalue weighted by atomic mass is 19.4. The number of alkyl halides is 3. The van der Waals surface area contributed by atoms with Crippen LogP contribution in [0.15, 0.2) is 24.3 Å². The van der Waals surface area contributed by atoms with E-state index in [4.69, 9.17) is 4.74 Å². The van der Waals surface area contributed by atoms with Gasteiger partial charge in [-0.1, -0.05) is 19.1 Å². The minimum atomic E-state index is -4.33. The molecule has 1 aliphatic rings. The Labute approximate surface area is 140 Å². The van der Waals surface area contributed by atoms with Gasteiger partial charge in [-0.25, -0.2) is 4.79 Å². The second kappa shape index (κ2) is 6.65. The highest BCUT2D eigenvalue weighted by Gasteiger charge is 2.37. The third-order valence-electron chi connectivity index (χ3n) is 4.22. The van der Waals surface area contributed by atoms with Crippen molar-refractivity contribution in [1.29, 1.82) is 0 Å². The van der Waals surface area contributed by atoms with Crippen molar-refractivity contribution in [3.63, 3.8) is 0 Å². The van der Waals surface area contributed by atoms with Crippen molar-refractivity contribution in [2.75, 3.05) is 6.54 Å². The summed E-state index contributed by atoms with van der Waals surface area (Å²) >= 11 is 0. The van der Waals surface area contributed by atoms with Crippen molar-refractivity contribution >= 4 is 6.09 Å². The summed E-state index contributed by atoms with van der Waals surface area (Å²) in [6.07, 6.45) is -3.16. The predicted molar refractivity (Wildman–Crippen MR) is 85.8 cm³/mol. The van der Waals surface area contributed by atoms with Crippen molar-refractivity contribution in [1.82, 2.24) is 4.90 Å². The van der Waals surface area contributed by atoms with Gasteiger partial charge in [-0.3, -0.25) is 0 Å². The fraction of sp³-hybridized carbons (Fsp3) is 0.611. The van der Waals surface area contributed by atoms with Gasteiger partial charge in [-0.15, -0.1) is 0 Å². The second-order valence-corrected chi connectivity index (χ2v) is 7.25. The van der Waals surface area contributed by atoms with Crippen molar-refractivity contribution in [2.45, 2.75) is 64.3 Å². The Morgan fingerprint density at radius 3 is 2.25 bits per heavy atom. The van der Waals surface area contributed by atoms with E-state index in [1.165, 1.54) is 12.1 Å². The maximum absolute atomic E-state index is 12.7. The van der Waals surface area contributed by atoms with Gasteiger partial charge in [0.2, 0.25) is 0 Å². The van der Waals surface area contributed by atoms with Crippen LogP contribution in [0.25, 0.3) is 0 Å². The maximum atomic E-state index is 12.7. The third kappa shape index (κ3) is 4.42. The van der Waals surface area contributed by atoms with Gasteiger partial charge in [0.1, 0.15) is 5.60 Å². The first-order valence-electron chi connectivity index (χ1n) is 8.18. The summed E-state index contributed by atoms with van der Waals surface area (Å²) in [4.78, 5) is 14.0. The number of hydrogen-bond donors (Lipinski definition) is 0. The Morgan fingerprint density at radius 2 is 1.79 bits per heavy atom. The molecular weight excluding hydrogens is 319 g/mol. The van der Waals surface area contributed by atoms with E-state index in [1.807, 2.05) is 27.7 Å². The van der Waals surface area contributed by atoms with Gasteiger partial charge < -0.3 is 9.64 Å². The zero-order chi connectivity index (χ0) is 18.1. The first-order valence-corrected chi connectivity index (χ1v) is 8.18. The van der Waals surface area contributed by atoms with Crippen LogP contribution in [0.2, 0.25) is 0 Å². The van der Waals surface area contributed by atoms with Crippen molar-refractivity contribution in [2.24, 2.45) is 0 Å².